The average molecular weight is 201 g/mol. The number of rotatable bonds is 1. The van der Waals surface area contributed by atoms with Crippen molar-refractivity contribution < 1.29 is 17.9 Å². The fourth-order valence-electron chi connectivity index (χ4n) is 1.09. The Bertz CT molecular complexity index is 379. The zero-order valence-corrected chi connectivity index (χ0v) is 7.22. The molecular weight excluding hydrogens is 195 g/mol. The molecule has 0 N–H and O–H groups in total. The molecule has 2 nitrogen and oxygen atoms in total. The number of halogens is 3. The molecule has 1 aromatic carbocycles. The average Bonchev–Trinajstić information content (AvgIpc) is 2.15. The van der Waals surface area contributed by atoms with Crippen molar-refractivity contribution >= 4 is 0 Å². The van der Waals surface area contributed by atoms with E-state index >= 15 is 0 Å². The molecule has 0 aliphatic heterocycles. The van der Waals surface area contributed by atoms with Gasteiger partial charge in [-0.15, -0.1) is 0 Å². The Kier molecular flexibility index (Phi) is 2.65. The molecule has 74 valence electrons. The van der Waals surface area contributed by atoms with Gasteiger partial charge in [0.05, 0.1) is 18.7 Å². The van der Waals surface area contributed by atoms with Crippen LogP contribution in [0.15, 0.2) is 18.2 Å². The minimum absolute atomic E-state index is 0.337. The molecule has 14 heavy (non-hydrogen) atoms. The van der Waals surface area contributed by atoms with Crippen LogP contribution in [0.3, 0.4) is 0 Å². The van der Waals surface area contributed by atoms with Crippen LogP contribution < -0.4 is 4.74 Å². The minimum atomic E-state index is -4.57. The molecule has 0 saturated heterocycles. The number of nitrogens with zero attached hydrogens (tertiary/aromatic N) is 1. The summed E-state index contributed by atoms with van der Waals surface area (Å²) >= 11 is 0. The molecule has 0 atom stereocenters. The molecule has 1 rings (SSSR count). The number of methoxy groups -OCH3 is 1. The van der Waals surface area contributed by atoms with Crippen LogP contribution in [-0.4, -0.2) is 7.11 Å². The van der Waals surface area contributed by atoms with Crippen molar-refractivity contribution in [2.45, 2.75) is 6.18 Å². The summed E-state index contributed by atoms with van der Waals surface area (Å²) in [6.07, 6.45) is -4.57. The number of alkyl halides is 3. The van der Waals surface area contributed by atoms with Crippen molar-refractivity contribution in [3.8, 4) is 11.8 Å². The van der Waals surface area contributed by atoms with Crippen molar-refractivity contribution in [2.24, 2.45) is 0 Å². The normalized spacial score (nSPS) is 10.8. The fourth-order valence-corrected chi connectivity index (χ4v) is 1.09. The van der Waals surface area contributed by atoms with Crippen molar-refractivity contribution in [1.82, 2.24) is 0 Å². The summed E-state index contributed by atoms with van der Waals surface area (Å²) in [5, 5.41) is 8.50. The van der Waals surface area contributed by atoms with Gasteiger partial charge in [-0.1, -0.05) is 6.07 Å². The zero-order valence-electron chi connectivity index (χ0n) is 7.22. The smallest absolute Gasteiger partial charge is 0.421 e. The van der Waals surface area contributed by atoms with E-state index in [0.29, 0.717) is 0 Å². The summed E-state index contributed by atoms with van der Waals surface area (Å²) in [6.45, 7) is 0. The summed E-state index contributed by atoms with van der Waals surface area (Å²) in [6, 6.07) is 5.09. The molecule has 0 amide bonds. The summed E-state index contributed by atoms with van der Waals surface area (Å²) < 4.78 is 41.9. The highest BCUT2D eigenvalue weighted by Crippen LogP contribution is 2.38. The Morgan fingerprint density at radius 3 is 2.43 bits per heavy atom. The van der Waals surface area contributed by atoms with Crippen LogP contribution >= 0.6 is 0 Å². The third-order valence-corrected chi connectivity index (χ3v) is 1.65. The van der Waals surface area contributed by atoms with Crippen molar-refractivity contribution in [1.29, 1.82) is 5.26 Å². The van der Waals surface area contributed by atoms with Gasteiger partial charge in [0, 0.05) is 0 Å². The second kappa shape index (κ2) is 3.58. The Morgan fingerprint density at radius 1 is 1.36 bits per heavy atom. The van der Waals surface area contributed by atoms with Gasteiger partial charge in [-0.3, -0.25) is 0 Å². The van der Waals surface area contributed by atoms with E-state index in [1.54, 1.807) is 0 Å². The number of benzene rings is 1. The van der Waals surface area contributed by atoms with E-state index in [2.05, 4.69) is 4.74 Å². The summed E-state index contributed by atoms with van der Waals surface area (Å²) in [4.78, 5) is 0. The zero-order chi connectivity index (χ0) is 10.8. The molecule has 0 saturated carbocycles. The SMILES string of the molecule is COc1cccc(C#N)c1C(F)(F)F. The van der Waals surface area contributed by atoms with Crippen LogP contribution in [0.25, 0.3) is 0 Å². The molecule has 0 spiro atoms. The maximum absolute atomic E-state index is 12.5. The molecule has 0 fully saturated rings. The van der Waals surface area contributed by atoms with E-state index in [1.807, 2.05) is 0 Å². The second-order valence-corrected chi connectivity index (χ2v) is 2.49. The molecule has 1 aromatic rings. The quantitative estimate of drug-likeness (QED) is 0.699. The van der Waals surface area contributed by atoms with Gasteiger partial charge in [-0.25, -0.2) is 0 Å². The summed E-state index contributed by atoms with van der Waals surface area (Å²) in [5.74, 6) is -0.337. The van der Waals surface area contributed by atoms with Gasteiger partial charge in [0.2, 0.25) is 0 Å². The van der Waals surface area contributed by atoms with Crippen molar-refractivity contribution in [2.75, 3.05) is 7.11 Å². The number of hydrogen-bond acceptors (Lipinski definition) is 2. The Hall–Kier alpha value is -1.70. The molecule has 0 aliphatic rings. The number of hydrogen-bond donors (Lipinski definition) is 0. The summed E-state index contributed by atoms with van der Waals surface area (Å²) in [7, 11) is 1.13. The van der Waals surface area contributed by atoms with Crippen molar-refractivity contribution in [3.05, 3.63) is 29.3 Å². The second-order valence-electron chi connectivity index (χ2n) is 2.49. The van der Waals surface area contributed by atoms with Crippen LogP contribution in [-0.2, 0) is 6.18 Å². The van der Waals surface area contributed by atoms with Gasteiger partial charge in [-0.05, 0) is 12.1 Å². The summed E-state index contributed by atoms with van der Waals surface area (Å²) in [5.41, 5.74) is -1.46. The maximum Gasteiger partial charge on any atom is 0.421 e. The van der Waals surface area contributed by atoms with Crippen molar-refractivity contribution in [3.63, 3.8) is 0 Å². The van der Waals surface area contributed by atoms with E-state index in [-0.39, 0.29) is 5.75 Å². The topological polar surface area (TPSA) is 33.0 Å². The lowest BCUT2D eigenvalue weighted by molar-refractivity contribution is -0.138. The third kappa shape index (κ3) is 1.79. The molecule has 0 bridgehead atoms. The lowest BCUT2D eigenvalue weighted by Gasteiger charge is -2.12. The molecule has 0 aromatic heterocycles. The van der Waals surface area contributed by atoms with Gasteiger partial charge in [0.1, 0.15) is 11.3 Å². The van der Waals surface area contributed by atoms with Gasteiger partial charge in [0.15, 0.2) is 0 Å². The molecule has 0 heterocycles. The molecular formula is C9H6F3NO. The molecule has 0 aliphatic carbocycles. The predicted octanol–water partition coefficient (Wildman–Crippen LogP) is 2.59. The fraction of sp³-hybridized carbons (Fsp3) is 0.222. The minimum Gasteiger partial charge on any atom is -0.496 e. The predicted molar refractivity (Wildman–Crippen MR) is 42.7 cm³/mol. The van der Waals surface area contributed by atoms with E-state index in [9.17, 15) is 13.2 Å². The maximum atomic E-state index is 12.5. The number of ether oxygens (including phenoxy) is 1. The van der Waals surface area contributed by atoms with E-state index in [0.717, 1.165) is 13.2 Å². The monoisotopic (exact) mass is 201 g/mol. The van der Waals surface area contributed by atoms with Gasteiger partial charge in [0.25, 0.3) is 0 Å². The highest BCUT2D eigenvalue weighted by atomic mass is 19.4. The first-order chi connectivity index (χ1) is 6.50. The Balaban J connectivity index is 3.44. The van der Waals surface area contributed by atoms with Gasteiger partial charge < -0.3 is 4.74 Å². The van der Waals surface area contributed by atoms with E-state index in [4.69, 9.17) is 5.26 Å². The van der Waals surface area contributed by atoms with Crippen LogP contribution in [0.2, 0.25) is 0 Å². The Morgan fingerprint density at radius 2 is 2.00 bits per heavy atom. The van der Waals surface area contributed by atoms with Crippen LogP contribution in [0.5, 0.6) is 5.75 Å². The first-order valence-electron chi connectivity index (χ1n) is 3.65. The van der Waals surface area contributed by atoms with Crippen LogP contribution in [0.4, 0.5) is 13.2 Å². The van der Waals surface area contributed by atoms with E-state index in [1.165, 1.54) is 18.2 Å². The van der Waals surface area contributed by atoms with Gasteiger partial charge in [-0.2, -0.15) is 18.4 Å². The van der Waals surface area contributed by atoms with Crippen LogP contribution in [0, 0.1) is 11.3 Å². The molecule has 5 heteroatoms. The molecule has 0 unspecified atom stereocenters. The highest BCUT2D eigenvalue weighted by molar-refractivity contribution is 5.48. The number of nitriles is 1. The van der Waals surface area contributed by atoms with Crippen LogP contribution in [0.1, 0.15) is 11.1 Å². The lowest BCUT2D eigenvalue weighted by atomic mass is 10.1. The van der Waals surface area contributed by atoms with E-state index < -0.39 is 17.3 Å². The Labute approximate surface area is 78.5 Å². The lowest BCUT2D eigenvalue weighted by Crippen LogP contribution is -2.09. The van der Waals surface area contributed by atoms with Gasteiger partial charge >= 0.3 is 6.18 Å². The third-order valence-electron chi connectivity index (χ3n) is 1.65. The first kappa shape index (κ1) is 10.4. The molecule has 0 radical (unpaired) electrons. The first-order valence-corrected chi connectivity index (χ1v) is 3.65. The standard InChI is InChI=1S/C9H6F3NO/c1-14-7-4-2-3-6(5-13)8(7)9(10,11)12/h2-4H,1H3. The largest absolute Gasteiger partial charge is 0.496 e. The highest BCUT2D eigenvalue weighted by Gasteiger charge is 2.37.